The molecule has 1 fully saturated rings. The predicted molar refractivity (Wildman–Crippen MR) is 87.4 cm³/mol. The van der Waals surface area contributed by atoms with E-state index in [1.165, 1.54) is 31.4 Å². The van der Waals surface area contributed by atoms with Crippen LogP contribution in [0.25, 0.3) is 11.4 Å². The van der Waals surface area contributed by atoms with Gasteiger partial charge in [0.15, 0.2) is 0 Å². The summed E-state index contributed by atoms with van der Waals surface area (Å²) in [5.41, 5.74) is -0.422. The summed E-state index contributed by atoms with van der Waals surface area (Å²) in [4.78, 5) is 18.3. The first-order valence-corrected chi connectivity index (χ1v) is 8.45. The van der Waals surface area contributed by atoms with E-state index in [4.69, 9.17) is 4.52 Å². The quantitative estimate of drug-likeness (QED) is 0.879. The zero-order chi connectivity index (χ0) is 18.6. The van der Waals surface area contributed by atoms with E-state index < -0.39 is 17.6 Å². The first-order chi connectivity index (χ1) is 12.4. The van der Waals surface area contributed by atoms with Crippen LogP contribution in [0, 0.1) is 0 Å². The minimum Gasteiger partial charge on any atom is -0.347 e. The first-order valence-electron chi connectivity index (χ1n) is 8.45. The number of nitrogens with one attached hydrogen (secondary N) is 1. The highest BCUT2D eigenvalue weighted by molar-refractivity contribution is 5.89. The van der Waals surface area contributed by atoms with Gasteiger partial charge >= 0.3 is 18.0 Å². The Balaban J connectivity index is 1.55. The Bertz CT molecular complexity index is 737. The lowest BCUT2D eigenvalue weighted by Gasteiger charge is -2.26. The molecule has 0 saturated carbocycles. The third-order valence-electron chi connectivity index (χ3n) is 4.25. The molecule has 1 saturated heterocycles. The fraction of sp³-hybridized carbons (Fsp3) is 0.471. The number of likely N-dealkylation sites (tertiary alicyclic amines) is 1. The molecular weight excluding hydrogens is 349 g/mol. The number of benzene rings is 1. The van der Waals surface area contributed by atoms with Crippen molar-refractivity contribution in [2.75, 3.05) is 26.2 Å². The van der Waals surface area contributed by atoms with E-state index in [1.807, 2.05) is 0 Å². The Kier molecular flexibility index (Phi) is 5.55. The summed E-state index contributed by atoms with van der Waals surface area (Å²) in [7, 11) is 0. The van der Waals surface area contributed by atoms with Gasteiger partial charge in [0, 0.05) is 18.7 Å². The molecule has 1 aliphatic heterocycles. The van der Waals surface area contributed by atoms with Crippen molar-refractivity contribution in [2.24, 2.45) is 0 Å². The van der Waals surface area contributed by atoms with E-state index >= 15 is 0 Å². The summed E-state index contributed by atoms with van der Waals surface area (Å²) >= 11 is 0. The standard InChI is InChI=1S/C17H19F3N4O2/c18-17(19,20)13-6-4-12(5-7-13)14-22-16(26-23-14)15(25)21-8-11-24-9-2-1-3-10-24/h4-7H,1-3,8-11H2,(H,21,25). The second-order valence-electron chi connectivity index (χ2n) is 6.16. The van der Waals surface area contributed by atoms with Crippen LogP contribution >= 0.6 is 0 Å². The van der Waals surface area contributed by atoms with Crippen LogP contribution in [0.15, 0.2) is 28.8 Å². The molecule has 6 nitrogen and oxygen atoms in total. The zero-order valence-corrected chi connectivity index (χ0v) is 14.1. The number of carbonyl (C=O) groups excluding carboxylic acids is 1. The Morgan fingerprint density at radius 2 is 1.85 bits per heavy atom. The van der Waals surface area contributed by atoms with E-state index in [-0.39, 0.29) is 11.7 Å². The molecule has 1 aromatic carbocycles. The Morgan fingerprint density at radius 3 is 2.50 bits per heavy atom. The number of aromatic nitrogens is 2. The molecule has 1 amide bonds. The molecule has 26 heavy (non-hydrogen) atoms. The second kappa shape index (κ2) is 7.86. The van der Waals surface area contributed by atoms with Crippen molar-refractivity contribution in [2.45, 2.75) is 25.4 Å². The van der Waals surface area contributed by atoms with E-state index in [0.29, 0.717) is 12.1 Å². The number of nitrogens with zero attached hydrogens (tertiary/aromatic N) is 3. The van der Waals surface area contributed by atoms with Gasteiger partial charge in [-0.15, -0.1) is 0 Å². The average Bonchev–Trinajstić information content (AvgIpc) is 3.12. The summed E-state index contributed by atoms with van der Waals surface area (Å²) in [5, 5.41) is 6.37. The predicted octanol–water partition coefficient (Wildman–Crippen LogP) is 2.97. The highest BCUT2D eigenvalue weighted by atomic mass is 19.4. The lowest BCUT2D eigenvalue weighted by Crippen LogP contribution is -2.37. The van der Waals surface area contributed by atoms with Crippen LogP contribution in [0.1, 0.15) is 35.5 Å². The molecule has 0 radical (unpaired) electrons. The lowest BCUT2D eigenvalue weighted by molar-refractivity contribution is -0.137. The molecule has 0 unspecified atom stereocenters. The van der Waals surface area contributed by atoms with Crippen molar-refractivity contribution >= 4 is 5.91 Å². The number of rotatable bonds is 5. The van der Waals surface area contributed by atoms with Gasteiger partial charge in [0.25, 0.3) is 0 Å². The number of carbonyl (C=O) groups is 1. The monoisotopic (exact) mass is 368 g/mol. The maximum absolute atomic E-state index is 12.6. The Morgan fingerprint density at radius 1 is 1.15 bits per heavy atom. The lowest BCUT2D eigenvalue weighted by atomic mass is 10.1. The number of hydrogen-bond donors (Lipinski definition) is 1. The fourth-order valence-electron chi connectivity index (χ4n) is 2.83. The van der Waals surface area contributed by atoms with Crippen LogP contribution < -0.4 is 5.32 Å². The SMILES string of the molecule is O=C(NCCN1CCCCC1)c1nc(-c2ccc(C(F)(F)F)cc2)no1. The van der Waals surface area contributed by atoms with Crippen LogP contribution in [-0.2, 0) is 6.18 Å². The van der Waals surface area contributed by atoms with Gasteiger partial charge in [0.05, 0.1) is 5.56 Å². The number of amides is 1. The first kappa shape index (κ1) is 18.4. The largest absolute Gasteiger partial charge is 0.416 e. The van der Waals surface area contributed by atoms with E-state index in [2.05, 4.69) is 20.4 Å². The number of alkyl halides is 3. The molecule has 2 aromatic rings. The highest BCUT2D eigenvalue weighted by Gasteiger charge is 2.30. The third kappa shape index (κ3) is 4.60. The fourth-order valence-corrected chi connectivity index (χ4v) is 2.83. The van der Waals surface area contributed by atoms with E-state index in [0.717, 1.165) is 31.8 Å². The van der Waals surface area contributed by atoms with Gasteiger partial charge in [-0.3, -0.25) is 4.79 Å². The molecule has 9 heteroatoms. The number of hydrogen-bond acceptors (Lipinski definition) is 5. The van der Waals surface area contributed by atoms with E-state index in [1.54, 1.807) is 0 Å². The molecule has 0 bridgehead atoms. The second-order valence-corrected chi connectivity index (χ2v) is 6.16. The molecule has 0 spiro atoms. The van der Waals surface area contributed by atoms with Crippen molar-refractivity contribution in [3.8, 4) is 11.4 Å². The Hall–Kier alpha value is -2.42. The molecule has 2 heterocycles. The number of halogens is 3. The minimum atomic E-state index is -4.41. The van der Waals surface area contributed by atoms with Crippen LogP contribution in [0.2, 0.25) is 0 Å². The number of piperidine rings is 1. The highest BCUT2D eigenvalue weighted by Crippen LogP contribution is 2.30. The van der Waals surface area contributed by atoms with Crippen molar-refractivity contribution < 1.29 is 22.5 Å². The minimum absolute atomic E-state index is 0.0694. The van der Waals surface area contributed by atoms with Gasteiger partial charge < -0.3 is 14.7 Å². The third-order valence-corrected chi connectivity index (χ3v) is 4.25. The van der Waals surface area contributed by atoms with E-state index in [9.17, 15) is 18.0 Å². The Labute approximate surface area is 148 Å². The average molecular weight is 368 g/mol. The summed E-state index contributed by atoms with van der Waals surface area (Å²) in [5.74, 6) is -0.633. The topological polar surface area (TPSA) is 71.3 Å². The summed E-state index contributed by atoms with van der Waals surface area (Å²) in [6.45, 7) is 3.30. The molecule has 1 N–H and O–H groups in total. The van der Waals surface area contributed by atoms with Gasteiger partial charge in [-0.2, -0.15) is 18.2 Å². The molecule has 140 valence electrons. The normalized spacial score (nSPS) is 15.8. The molecule has 1 aliphatic rings. The van der Waals surface area contributed by atoms with Crippen molar-refractivity contribution in [3.05, 3.63) is 35.7 Å². The van der Waals surface area contributed by atoms with Gasteiger partial charge in [-0.25, -0.2) is 0 Å². The zero-order valence-electron chi connectivity index (χ0n) is 14.1. The molecule has 0 aliphatic carbocycles. The molecule has 3 rings (SSSR count). The van der Waals surface area contributed by atoms with Crippen LogP contribution in [0.3, 0.4) is 0 Å². The van der Waals surface area contributed by atoms with Gasteiger partial charge in [-0.05, 0) is 38.1 Å². The maximum atomic E-state index is 12.6. The van der Waals surface area contributed by atoms with Crippen LogP contribution in [0.5, 0.6) is 0 Å². The molecular formula is C17H19F3N4O2. The summed E-state index contributed by atoms with van der Waals surface area (Å²) in [6.07, 6.45) is -0.811. The van der Waals surface area contributed by atoms with Crippen molar-refractivity contribution in [3.63, 3.8) is 0 Å². The molecule has 0 atom stereocenters. The van der Waals surface area contributed by atoms with Crippen molar-refractivity contribution in [1.29, 1.82) is 0 Å². The van der Waals surface area contributed by atoms with Crippen LogP contribution in [0.4, 0.5) is 13.2 Å². The van der Waals surface area contributed by atoms with Gasteiger partial charge in [0.2, 0.25) is 5.82 Å². The van der Waals surface area contributed by atoms with Gasteiger partial charge in [0.1, 0.15) is 0 Å². The smallest absolute Gasteiger partial charge is 0.347 e. The maximum Gasteiger partial charge on any atom is 0.416 e. The molecule has 1 aromatic heterocycles. The summed E-state index contributed by atoms with van der Waals surface area (Å²) < 4.78 is 42.6. The van der Waals surface area contributed by atoms with Crippen molar-refractivity contribution in [1.82, 2.24) is 20.4 Å². The van der Waals surface area contributed by atoms with Gasteiger partial charge in [-0.1, -0.05) is 23.7 Å². The van der Waals surface area contributed by atoms with Crippen LogP contribution in [-0.4, -0.2) is 47.1 Å². The summed E-state index contributed by atoms with van der Waals surface area (Å²) in [6, 6.07) is 4.35.